The molecule has 1 saturated heterocycles. The molecule has 1 atom stereocenters. The Morgan fingerprint density at radius 2 is 1.83 bits per heavy atom. The lowest BCUT2D eigenvalue weighted by atomic mass is 10.0. The fourth-order valence-electron chi connectivity index (χ4n) is 3.49. The van der Waals surface area contributed by atoms with Gasteiger partial charge in [0.2, 0.25) is 11.8 Å². The smallest absolute Gasteiger partial charge is 0.264 e. The molecule has 2 heterocycles. The Morgan fingerprint density at radius 3 is 2.57 bits per heavy atom. The van der Waals surface area contributed by atoms with Gasteiger partial charge in [-0.15, -0.1) is 0 Å². The van der Waals surface area contributed by atoms with Crippen LogP contribution in [-0.4, -0.2) is 67.5 Å². The zero-order valence-electron chi connectivity index (χ0n) is 17.1. The van der Waals surface area contributed by atoms with Crippen molar-refractivity contribution < 1.29 is 28.7 Å². The van der Waals surface area contributed by atoms with E-state index < -0.39 is 29.7 Å². The molecule has 1 unspecified atom stereocenters. The first-order valence-corrected chi connectivity index (χ1v) is 10.3. The molecule has 2 aliphatic rings. The summed E-state index contributed by atoms with van der Waals surface area (Å²) in [5.41, 5.74) is 1.01. The number of piperidine rings is 1. The normalized spacial score (nSPS) is 18.6. The molecule has 0 aromatic heterocycles. The van der Waals surface area contributed by atoms with E-state index in [1.165, 1.54) is 0 Å². The van der Waals surface area contributed by atoms with Crippen molar-refractivity contribution in [3.05, 3.63) is 29.3 Å². The molecule has 1 aromatic rings. The first-order chi connectivity index (χ1) is 14.5. The van der Waals surface area contributed by atoms with E-state index in [9.17, 15) is 19.2 Å². The maximum Gasteiger partial charge on any atom is 0.264 e. The Morgan fingerprint density at radius 1 is 1.07 bits per heavy atom. The molecule has 0 spiro atoms. The summed E-state index contributed by atoms with van der Waals surface area (Å²) >= 11 is 0. The second-order valence-electron chi connectivity index (χ2n) is 7.18. The number of nitrogens with zero attached hydrogens (tertiary/aromatic N) is 1. The number of ether oxygens (including phenoxy) is 2. The first-order valence-electron chi connectivity index (χ1n) is 10.3. The van der Waals surface area contributed by atoms with Crippen molar-refractivity contribution in [2.45, 2.75) is 38.6 Å². The van der Waals surface area contributed by atoms with E-state index in [0.717, 1.165) is 24.3 Å². The first kappa shape index (κ1) is 21.9. The highest BCUT2D eigenvalue weighted by Crippen LogP contribution is 2.32. The Hall–Kier alpha value is -2.78. The third-order valence-corrected chi connectivity index (χ3v) is 5.04. The predicted molar refractivity (Wildman–Crippen MR) is 108 cm³/mol. The number of imide groups is 2. The SMILES string of the molecule is CCCCOCCOCCNc1cccc2c1C(=O)N(C1CCC(=O)NC1=O)C2=O. The highest BCUT2D eigenvalue weighted by molar-refractivity contribution is 6.25. The summed E-state index contributed by atoms with van der Waals surface area (Å²) in [5, 5.41) is 5.32. The quantitative estimate of drug-likeness (QED) is 0.412. The average Bonchev–Trinajstić information content (AvgIpc) is 2.98. The number of hydrogen-bond donors (Lipinski definition) is 2. The van der Waals surface area contributed by atoms with Crippen LogP contribution in [0.4, 0.5) is 5.69 Å². The fraction of sp³-hybridized carbons (Fsp3) is 0.524. The van der Waals surface area contributed by atoms with Gasteiger partial charge >= 0.3 is 0 Å². The third-order valence-electron chi connectivity index (χ3n) is 5.04. The van der Waals surface area contributed by atoms with Gasteiger partial charge in [-0.05, 0) is 25.0 Å². The van der Waals surface area contributed by atoms with E-state index in [0.29, 0.717) is 32.1 Å². The summed E-state index contributed by atoms with van der Waals surface area (Å²) in [6.07, 6.45) is 2.35. The average molecular weight is 417 g/mol. The van der Waals surface area contributed by atoms with Crippen molar-refractivity contribution in [3.63, 3.8) is 0 Å². The molecule has 162 valence electrons. The minimum atomic E-state index is -0.973. The summed E-state index contributed by atoms with van der Waals surface area (Å²) in [5.74, 6) is -2.07. The van der Waals surface area contributed by atoms with Crippen molar-refractivity contribution >= 4 is 29.3 Å². The number of amides is 4. The van der Waals surface area contributed by atoms with E-state index in [4.69, 9.17) is 9.47 Å². The molecule has 9 nitrogen and oxygen atoms in total. The summed E-state index contributed by atoms with van der Waals surface area (Å²) < 4.78 is 10.9. The molecule has 0 aliphatic carbocycles. The summed E-state index contributed by atoms with van der Waals surface area (Å²) in [7, 11) is 0. The van der Waals surface area contributed by atoms with Gasteiger partial charge < -0.3 is 14.8 Å². The highest BCUT2D eigenvalue weighted by atomic mass is 16.5. The topological polar surface area (TPSA) is 114 Å². The molecule has 1 fully saturated rings. The van der Waals surface area contributed by atoms with Crippen LogP contribution in [0.5, 0.6) is 0 Å². The predicted octanol–water partition coefficient (Wildman–Crippen LogP) is 1.33. The van der Waals surface area contributed by atoms with Gasteiger partial charge in [-0.3, -0.25) is 29.4 Å². The van der Waals surface area contributed by atoms with Gasteiger partial charge in [-0.1, -0.05) is 19.4 Å². The van der Waals surface area contributed by atoms with Crippen LogP contribution in [0, 0.1) is 0 Å². The van der Waals surface area contributed by atoms with Gasteiger partial charge in [-0.25, -0.2) is 0 Å². The second-order valence-corrected chi connectivity index (χ2v) is 7.18. The molecule has 4 amide bonds. The minimum absolute atomic E-state index is 0.0917. The lowest BCUT2D eigenvalue weighted by Gasteiger charge is -2.27. The molecular weight excluding hydrogens is 390 g/mol. The van der Waals surface area contributed by atoms with Crippen LogP contribution in [0.3, 0.4) is 0 Å². The number of rotatable bonds is 11. The van der Waals surface area contributed by atoms with Crippen LogP contribution in [0.25, 0.3) is 0 Å². The zero-order valence-corrected chi connectivity index (χ0v) is 17.1. The van der Waals surface area contributed by atoms with E-state index in [1.807, 2.05) is 0 Å². The molecular formula is C21H27N3O6. The van der Waals surface area contributed by atoms with Gasteiger partial charge in [0, 0.05) is 25.3 Å². The van der Waals surface area contributed by atoms with Crippen molar-refractivity contribution in [1.82, 2.24) is 10.2 Å². The number of carbonyl (C=O) groups excluding carboxylic acids is 4. The molecule has 0 saturated carbocycles. The van der Waals surface area contributed by atoms with E-state index in [1.54, 1.807) is 18.2 Å². The summed E-state index contributed by atoms with van der Waals surface area (Å²) in [6.45, 7) is 4.72. The molecule has 0 bridgehead atoms. The van der Waals surface area contributed by atoms with Crippen molar-refractivity contribution in [2.24, 2.45) is 0 Å². The molecule has 30 heavy (non-hydrogen) atoms. The minimum Gasteiger partial charge on any atom is -0.382 e. The number of carbonyl (C=O) groups is 4. The Balaban J connectivity index is 1.56. The third kappa shape index (κ3) is 4.85. The van der Waals surface area contributed by atoms with E-state index >= 15 is 0 Å². The maximum atomic E-state index is 13.0. The van der Waals surface area contributed by atoms with Crippen molar-refractivity contribution in [1.29, 1.82) is 0 Å². The molecule has 1 aromatic carbocycles. The Kier molecular flexibility index (Phi) is 7.53. The molecule has 2 N–H and O–H groups in total. The van der Waals surface area contributed by atoms with Crippen LogP contribution in [0.1, 0.15) is 53.3 Å². The number of hydrogen-bond acceptors (Lipinski definition) is 7. The Bertz CT molecular complexity index is 825. The monoisotopic (exact) mass is 417 g/mol. The van der Waals surface area contributed by atoms with Gasteiger partial charge in [0.05, 0.1) is 30.9 Å². The number of fused-ring (bicyclic) bond motifs is 1. The van der Waals surface area contributed by atoms with Crippen molar-refractivity contribution in [2.75, 3.05) is 38.3 Å². The fourth-order valence-corrected chi connectivity index (χ4v) is 3.49. The number of benzene rings is 1. The molecule has 9 heteroatoms. The van der Waals surface area contributed by atoms with E-state index in [2.05, 4.69) is 17.6 Å². The maximum absolute atomic E-state index is 13.0. The molecule has 2 aliphatic heterocycles. The van der Waals surface area contributed by atoms with E-state index in [-0.39, 0.29) is 24.0 Å². The number of anilines is 1. The van der Waals surface area contributed by atoms with Crippen LogP contribution in [0.2, 0.25) is 0 Å². The summed E-state index contributed by atoms with van der Waals surface area (Å²) in [4.78, 5) is 50.2. The van der Waals surface area contributed by atoms with Gasteiger partial charge in [-0.2, -0.15) is 0 Å². The number of nitrogens with one attached hydrogen (secondary N) is 2. The zero-order chi connectivity index (χ0) is 21.5. The standard InChI is InChI=1S/C21H27N3O6/c1-2-3-10-29-12-13-30-11-9-22-15-6-4-5-14-18(15)21(28)24(20(14)27)16-7-8-17(25)23-19(16)26/h4-6,16,22H,2-3,7-13H2,1H3,(H,23,25,26). The van der Waals surface area contributed by atoms with Gasteiger partial charge in [0.25, 0.3) is 11.8 Å². The largest absolute Gasteiger partial charge is 0.382 e. The van der Waals surface area contributed by atoms with Crippen molar-refractivity contribution in [3.8, 4) is 0 Å². The lowest BCUT2D eigenvalue weighted by molar-refractivity contribution is -0.136. The van der Waals surface area contributed by atoms with Crippen LogP contribution >= 0.6 is 0 Å². The molecule has 0 radical (unpaired) electrons. The van der Waals surface area contributed by atoms with Crippen LogP contribution in [0.15, 0.2) is 18.2 Å². The molecule has 3 rings (SSSR count). The number of unbranched alkanes of at least 4 members (excludes halogenated alkanes) is 1. The highest BCUT2D eigenvalue weighted by Gasteiger charge is 2.45. The van der Waals surface area contributed by atoms with Gasteiger partial charge in [0.1, 0.15) is 6.04 Å². The van der Waals surface area contributed by atoms with Crippen LogP contribution in [-0.2, 0) is 19.1 Å². The Labute approximate surface area is 175 Å². The second kappa shape index (κ2) is 10.3. The van der Waals surface area contributed by atoms with Gasteiger partial charge in [0.15, 0.2) is 0 Å². The van der Waals surface area contributed by atoms with Crippen LogP contribution < -0.4 is 10.6 Å². The summed E-state index contributed by atoms with van der Waals surface area (Å²) in [6, 6.07) is 3.99. The lowest BCUT2D eigenvalue weighted by Crippen LogP contribution is -2.54.